The maximum atomic E-state index is 12.3. The fraction of sp³-hybridized carbons (Fsp3) is 0.412. The highest BCUT2D eigenvalue weighted by atomic mass is 16.5. The Morgan fingerprint density at radius 1 is 1.27 bits per heavy atom. The lowest BCUT2D eigenvalue weighted by molar-refractivity contribution is -0.119. The maximum absolute atomic E-state index is 12.3. The van der Waals surface area contributed by atoms with Crippen LogP contribution in [0.5, 0.6) is 0 Å². The van der Waals surface area contributed by atoms with Crippen LogP contribution in [-0.2, 0) is 9.53 Å². The number of hydrogen-bond donors (Lipinski definition) is 1. The number of hydrogen-bond acceptors (Lipinski definition) is 3. The third-order valence-electron chi connectivity index (χ3n) is 4.12. The lowest BCUT2D eigenvalue weighted by Crippen LogP contribution is -2.23. The molecule has 0 saturated carbocycles. The summed E-state index contributed by atoms with van der Waals surface area (Å²) in [5.74, 6) is -0.0336. The third-order valence-corrected chi connectivity index (χ3v) is 4.12. The molecule has 1 fully saturated rings. The van der Waals surface area contributed by atoms with Crippen LogP contribution in [0.4, 0.5) is 5.69 Å². The van der Waals surface area contributed by atoms with Gasteiger partial charge in [-0.2, -0.15) is 5.10 Å². The average molecular weight is 299 g/mol. The molecule has 1 aromatic heterocycles. The van der Waals surface area contributed by atoms with Crippen LogP contribution in [-0.4, -0.2) is 28.9 Å². The van der Waals surface area contributed by atoms with E-state index in [0.717, 1.165) is 29.2 Å². The summed E-state index contributed by atoms with van der Waals surface area (Å²) in [6, 6.07) is 8.18. The molecule has 116 valence electrons. The number of carbonyl (C=O) groups excluding carboxylic acids is 1. The van der Waals surface area contributed by atoms with Crippen LogP contribution < -0.4 is 5.32 Å². The summed E-state index contributed by atoms with van der Waals surface area (Å²) >= 11 is 0. The zero-order chi connectivity index (χ0) is 15.7. The highest BCUT2D eigenvalue weighted by molar-refractivity contribution is 5.94. The van der Waals surface area contributed by atoms with Crippen LogP contribution in [0.2, 0.25) is 0 Å². The number of rotatable bonds is 3. The zero-order valence-corrected chi connectivity index (χ0v) is 13.2. The van der Waals surface area contributed by atoms with Gasteiger partial charge in [-0.25, -0.2) is 4.68 Å². The Kier molecular flexibility index (Phi) is 3.98. The Morgan fingerprint density at radius 2 is 2.00 bits per heavy atom. The lowest BCUT2D eigenvalue weighted by atomic mass is 10.1. The van der Waals surface area contributed by atoms with Gasteiger partial charge in [-0.05, 0) is 39.3 Å². The summed E-state index contributed by atoms with van der Waals surface area (Å²) in [5.41, 5.74) is 4.77. The molecule has 0 radical (unpaired) electrons. The van der Waals surface area contributed by atoms with Gasteiger partial charge in [0.05, 0.1) is 35.3 Å². The molecular weight excluding hydrogens is 278 g/mol. The van der Waals surface area contributed by atoms with Crippen LogP contribution >= 0.6 is 0 Å². The van der Waals surface area contributed by atoms with E-state index >= 15 is 0 Å². The van der Waals surface area contributed by atoms with E-state index in [1.165, 1.54) is 5.56 Å². The van der Waals surface area contributed by atoms with Gasteiger partial charge >= 0.3 is 0 Å². The van der Waals surface area contributed by atoms with Gasteiger partial charge in [-0.3, -0.25) is 4.79 Å². The van der Waals surface area contributed by atoms with Crippen molar-refractivity contribution in [2.75, 3.05) is 18.5 Å². The summed E-state index contributed by atoms with van der Waals surface area (Å²) in [5, 5.41) is 7.58. The molecule has 2 aromatic rings. The van der Waals surface area contributed by atoms with E-state index in [9.17, 15) is 4.79 Å². The lowest BCUT2D eigenvalue weighted by Gasteiger charge is -2.10. The predicted octanol–water partition coefficient (Wildman–Crippen LogP) is 2.77. The van der Waals surface area contributed by atoms with E-state index in [1.54, 1.807) is 0 Å². The van der Waals surface area contributed by atoms with Gasteiger partial charge in [0.15, 0.2) is 0 Å². The molecule has 3 rings (SSSR count). The molecule has 0 bridgehead atoms. The van der Waals surface area contributed by atoms with Crippen molar-refractivity contribution >= 4 is 11.6 Å². The first-order valence-corrected chi connectivity index (χ1v) is 7.58. The summed E-state index contributed by atoms with van der Waals surface area (Å²) in [4.78, 5) is 12.3. The number of ether oxygens (including phenoxy) is 1. The van der Waals surface area contributed by atoms with E-state index in [-0.39, 0.29) is 11.8 Å². The van der Waals surface area contributed by atoms with Crippen molar-refractivity contribution < 1.29 is 9.53 Å². The number of nitrogens with one attached hydrogen (secondary N) is 1. The monoisotopic (exact) mass is 299 g/mol. The molecule has 0 spiro atoms. The molecule has 5 heteroatoms. The van der Waals surface area contributed by atoms with Crippen molar-refractivity contribution in [3.8, 4) is 5.69 Å². The smallest absolute Gasteiger partial charge is 0.230 e. The fourth-order valence-corrected chi connectivity index (χ4v) is 2.73. The number of aryl methyl sites for hydroxylation is 2. The molecular formula is C17H21N3O2. The van der Waals surface area contributed by atoms with E-state index < -0.39 is 0 Å². The Balaban J connectivity index is 1.86. The van der Waals surface area contributed by atoms with E-state index in [4.69, 9.17) is 4.74 Å². The standard InChI is InChI=1S/C17H21N3O2/c1-11-4-6-15(7-5-11)20-13(3)16(12(2)19-20)18-17(21)14-8-9-22-10-14/h4-7,14H,8-10H2,1-3H3,(H,18,21). The third kappa shape index (κ3) is 2.76. The summed E-state index contributed by atoms with van der Waals surface area (Å²) in [6.07, 6.45) is 0.788. The van der Waals surface area contributed by atoms with Crippen molar-refractivity contribution in [1.82, 2.24) is 9.78 Å². The number of carbonyl (C=O) groups is 1. The number of nitrogens with zero attached hydrogens (tertiary/aromatic N) is 2. The van der Waals surface area contributed by atoms with Crippen molar-refractivity contribution in [3.63, 3.8) is 0 Å². The van der Waals surface area contributed by atoms with Crippen molar-refractivity contribution in [1.29, 1.82) is 0 Å². The van der Waals surface area contributed by atoms with Gasteiger partial charge in [0, 0.05) is 6.61 Å². The topological polar surface area (TPSA) is 56.2 Å². The predicted molar refractivity (Wildman–Crippen MR) is 85.3 cm³/mol. The Morgan fingerprint density at radius 3 is 2.64 bits per heavy atom. The van der Waals surface area contributed by atoms with Crippen molar-refractivity contribution in [2.24, 2.45) is 5.92 Å². The fourth-order valence-electron chi connectivity index (χ4n) is 2.73. The first-order valence-electron chi connectivity index (χ1n) is 7.58. The van der Waals surface area contributed by atoms with Gasteiger partial charge in [0.1, 0.15) is 0 Å². The van der Waals surface area contributed by atoms with Gasteiger partial charge < -0.3 is 10.1 Å². The number of amides is 1. The average Bonchev–Trinajstić information content (AvgIpc) is 3.12. The molecule has 1 unspecified atom stereocenters. The first-order chi connectivity index (χ1) is 10.6. The second-order valence-electron chi connectivity index (χ2n) is 5.84. The van der Waals surface area contributed by atoms with E-state index in [1.807, 2.05) is 30.7 Å². The van der Waals surface area contributed by atoms with Crippen LogP contribution in [0.3, 0.4) is 0 Å². The van der Waals surface area contributed by atoms with Gasteiger partial charge in [0.25, 0.3) is 0 Å². The van der Waals surface area contributed by atoms with Crippen molar-refractivity contribution in [2.45, 2.75) is 27.2 Å². The molecule has 1 saturated heterocycles. The van der Waals surface area contributed by atoms with Crippen LogP contribution in [0.15, 0.2) is 24.3 Å². The van der Waals surface area contributed by atoms with Crippen LogP contribution in [0.25, 0.3) is 5.69 Å². The number of anilines is 1. The van der Waals surface area contributed by atoms with Gasteiger partial charge in [0.2, 0.25) is 5.91 Å². The molecule has 5 nitrogen and oxygen atoms in total. The number of benzene rings is 1. The van der Waals surface area contributed by atoms with Crippen molar-refractivity contribution in [3.05, 3.63) is 41.2 Å². The minimum absolute atomic E-state index is 0.0205. The largest absolute Gasteiger partial charge is 0.381 e. The Hall–Kier alpha value is -2.14. The summed E-state index contributed by atoms with van der Waals surface area (Å²) in [7, 11) is 0. The van der Waals surface area contributed by atoms with E-state index in [0.29, 0.717) is 13.2 Å². The normalized spacial score (nSPS) is 17.7. The quantitative estimate of drug-likeness (QED) is 0.948. The Labute approximate surface area is 130 Å². The van der Waals surface area contributed by atoms with Crippen LogP contribution in [0.1, 0.15) is 23.4 Å². The molecule has 2 heterocycles. The second-order valence-corrected chi connectivity index (χ2v) is 5.84. The number of aromatic nitrogens is 2. The minimum Gasteiger partial charge on any atom is -0.381 e. The summed E-state index contributed by atoms with van der Waals surface area (Å²) < 4.78 is 7.15. The minimum atomic E-state index is -0.0541. The maximum Gasteiger partial charge on any atom is 0.230 e. The SMILES string of the molecule is Cc1ccc(-n2nc(C)c(NC(=O)C3CCOC3)c2C)cc1. The molecule has 1 aliphatic heterocycles. The second kappa shape index (κ2) is 5.93. The van der Waals surface area contributed by atoms with Crippen LogP contribution in [0, 0.1) is 26.7 Å². The molecule has 1 atom stereocenters. The van der Waals surface area contributed by atoms with Gasteiger partial charge in [-0.15, -0.1) is 0 Å². The molecule has 22 heavy (non-hydrogen) atoms. The molecule has 1 amide bonds. The first kappa shape index (κ1) is 14.8. The highest BCUT2D eigenvalue weighted by Crippen LogP contribution is 2.24. The summed E-state index contributed by atoms with van der Waals surface area (Å²) in [6.45, 7) is 7.12. The van der Waals surface area contributed by atoms with E-state index in [2.05, 4.69) is 29.5 Å². The molecule has 0 aliphatic carbocycles. The zero-order valence-electron chi connectivity index (χ0n) is 13.2. The Bertz CT molecular complexity index is 683. The van der Waals surface area contributed by atoms with Gasteiger partial charge in [-0.1, -0.05) is 17.7 Å². The molecule has 1 N–H and O–H groups in total. The highest BCUT2D eigenvalue weighted by Gasteiger charge is 2.25. The molecule has 1 aromatic carbocycles. The molecule has 1 aliphatic rings.